The standard InChI is InChI=1S/C16H10ClF2NO/c1-9-4-10(6-12(19)5-9)16(21)14(8-20)13-3-2-11(18)7-15(13)17/h2-7,14H,1H3. The van der Waals surface area contributed by atoms with Crippen LogP contribution in [0, 0.1) is 29.9 Å². The molecule has 1 atom stereocenters. The Kier molecular flexibility index (Phi) is 4.35. The molecular formula is C16H10ClF2NO. The first kappa shape index (κ1) is 15.1. The molecule has 0 bridgehead atoms. The number of hydrogen-bond acceptors (Lipinski definition) is 2. The molecule has 106 valence electrons. The van der Waals surface area contributed by atoms with Gasteiger partial charge in [0.2, 0.25) is 0 Å². The van der Waals surface area contributed by atoms with Crippen LogP contribution in [0.2, 0.25) is 5.02 Å². The van der Waals surface area contributed by atoms with E-state index >= 15 is 0 Å². The summed E-state index contributed by atoms with van der Waals surface area (Å²) in [5.41, 5.74) is 0.854. The summed E-state index contributed by atoms with van der Waals surface area (Å²) in [5, 5.41) is 9.22. The van der Waals surface area contributed by atoms with E-state index in [0.29, 0.717) is 5.56 Å². The molecule has 0 aliphatic rings. The zero-order valence-corrected chi connectivity index (χ0v) is 11.8. The van der Waals surface area contributed by atoms with Crippen LogP contribution in [0.4, 0.5) is 8.78 Å². The highest BCUT2D eigenvalue weighted by Gasteiger charge is 2.24. The van der Waals surface area contributed by atoms with Gasteiger partial charge < -0.3 is 0 Å². The number of carbonyl (C=O) groups is 1. The molecule has 0 aliphatic heterocycles. The van der Waals surface area contributed by atoms with E-state index in [4.69, 9.17) is 11.6 Å². The first-order valence-electron chi connectivity index (χ1n) is 6.08. The number of benzene rings is 2. The van der Waals surface area contributed by atoms with Crippen LogP contribution in [0.5, 0.6) is 0 Å². The van der Waals surface area contributed by atoms with Crippen molar-refractivity contribution in [1.29, 1.82) is 5.26 Å². The second-order valence-electron chi connectivity index (χ2n) is 4.61. The summed E-state index contributed by atoms with van der Waals surface area (Å²) in [6, 6.07) is 9.12. The zero-order valence-electron chi connectivity index (χ0n) is 11.0. The number of nitrogens with zero attached hydrogens (tertiary/aromatic N) is 1. The minimum Gasteiger partial charge on any atom is -0.292 e. The van der Waals surface area contributed by atoms with Crippen LogP contribution < -0.4 is 0 Å². The first-order chi connectivity index (χ1) is 9.92. The molecule has 0 aromatic heterocycles. The molecule has 2 nitrogen and oxygen atoms in total. The minimum absolute atomic E-state index is 0.0111. The first-order valence-corrected chi connectivity index (χ1v) is 6.46. The van der Waals surface area contributed by atoms with Gasteiger partial charge in [-0.3, -0.25) is 4.79 Å². The third kappa shape index (κ3) is 3.26. The highest BCUT2D eigenvalue weighted by atomic mass is 35.5. The molecule has 0 radical (unpaired) electrons. The van der Waals surface area contributed by atoms with E-state index in [1.807, 2.05) is 6.07 Å². The Morgan fingerprint density at radius 1 is 1.19 bits per heavy atom. The second-order valence-corrected chi connectivity index (χ2v) is 5.02. The van der Waals surface area contributed by atoms with Gasteiger partial charge in [0.05, 0.1) is 6.07 Å². The zero-order chi connectivity index (χ0) is 15.6. The molecular weight excluding hydrogens is 296 g/mol. The summed E-state index contributed by atoms with van der Waals surface area (Å²) in [5.74, 6) is -2.90. The summed E-state index contributed by atoms with van der Waals surface area (Å²) >= 11 is 5.88. The maximum Gasteiger partial charge on any atom is 0.184 e. The molecule has 5 heteroatoms. The number of halogens is 3. The van der Waals surface area contributed by atoms with Crippen LogP contribution in [-0.2, 0) is 0 Å². The van der Waals surface area contributed by atoms with Gasteiger partial charge in [0.15, 0.2) is 5.78 Å². The van der Waals surface area contributed by atoms with E-state index < -0.39 is 23.3 Å². The van der Waals surface area contributed by atoms with Crippen molar-refractivity contribution in [3.05, 3.63) is 69.7 Å². The van der Waals surface area contributed by atoms with Crippen molar-refractivity contribution >= 4 is 17.4 Å². The Morgan fingerprint density at radius 2 is 1.90 bits per heavy atom. The van der Waals surface area contributed by atoms with Crippen LogP contribution in [0.3, 0.4) is 0 Å². The Labute approximate surface area is 125 Å². The Bertz CT molecular complexity index is 732. The molecule has 0 fully saturated rings. The maximum absolute atomic E-state index is 13.4. The highest BCUT2D eigenvalue weighted by molar-refractivity contribution is 6.31. The van der Waals surface area contributed by atoms with Gasteiger partial charge in [-0.1, -0.05) is 17.7 Å². The third-order valence-corrected chi connectivity index (χ3v) is 3.32. The molecule has 2 rings (SSSR count). The van der Waals surface area contributed by atoms with Crippen molar-refractivity contribution in [2.45, 2.75) is 12.8 Å². The number of rotatable bonds is 3. The van der Waals surface area contributed by atoms with Crippen LogP contribution in [0.25, 0.3) is 0 Å². The van der Waals surface area contributed by atoms with Gasteiger partial charge in [0, 0.05) is 10.6 Å². The lowest BCUT2D eigenvalue weighted by Gasteiger charge is -2.11. The number of aryl methyl sites for hydroxylation is 1. The van der Waals surface area contributed by atoms with Crippen LogP contribution in [-0.4, -0.2) is 5.78 Å². The van der Waals surface area contributed by atoms with Gasteiger partial charge in [-0.25, -0.2) is 8.78 Å². The Balaban J connectivity index is 2.46. The quantitative estimate of drug-likeness (QED) is 0.788. The van der Waals surface area contributed by atoms with E-state index in [1.54, 1.807) is 6.92 Å². The monoisotopic (exact) mass is 305 g/mol. The summed E-state index contributed by atoms with van der Waals surface area (Å²) in [7, 11) is 0. The fourth-order valence-corrected chi connectivity index (χ4v) is 2.33. The van der Waals surface area contributed by atoms with Gasteiger partial charge in [0.25, 0.3) is 0 Å². The molecule has 0 N–H and O–H groups in total. The van der Waals surface area contributed by atoms with Crippen molar-refractivity contribution in [3.8, 4) is 6.07 Å². The third-order valence-electron chi connectivity index (χ3n) is 2.99. The van der Waals surface area contributed by atoms with Crippen molar-refractivity contribution in [2.24, 2.45) is 0 Å². The summed E-state index contributed by atoms with van der Waals surface area (Å²) < 4.78 is 26.4. The van der Waals surface area contributed by atoms with Gasteiger partial charge in [-0.05, 0) is 48.4 Å². The molecule has 0 saturated carbocycles. The molecule has 0 spiro atoms. The van der Waals surface area contributed by atoms with Gasteiger partial charge in [-0.2, -0.15) is 5.26 Å². The van der Waals surface area contributed by atoms with Crippen LogP contribution in [0.15, 0.2) is 36.4 Å². The lowest BCUT2D eigenvalue weighted by atomic mass is 9.91. The van der Waals surface area contributed by atoms with Gasteiger partial charge in [-0.15, -0.1) is 0 Å². The largest absolute Gasteiger partial charge is 0.292 e. The predicted octanol–water partition coefficient (Wildman–Crippen LogP) is 4.42. The van der Waals surface area contributed by atoms with Crippen molar-refractivity contribution < 1.29 is 13.6 Å². The van der Waals surface area contributed by atoms with E-state index in [0.717, 1.165) is 18.2 Å². The molecule has 21 heavy (non-hydrogen) atoms. The summed E-state index contributed by atoms with van der Waals surface area (Å²) in [6.45, 7) is 1.64. The topological polar surface area (TPSA) is 40.9 Å². The van der Waals surface area contributed by atoms with E-state index in [-0.39, 0.29) is 16.1 Å². The molecule has 0 saturated heterocycles. The summed E-state index contributed by atoms with van der Waals surface area (Å²) in [6.07, 6.45) is 0. The average Bonchev–Trinajstić information content (AvgIpc) is 2.40. The second kappa shape index (κ2) is 6.02. The lowest BCUT2D eigenvalue weighted by molar-refractivity contribution is 0.0978. The van der Waals surface area contributed by atoms with Crippen LogP contribution in [0.1, 0.15) is 27.4 Å². The smallest absolute Gasteiger partial charge is 0.184 e. The molecule has 2 aromatic carbocycles. The molecule has 1 unspecified atom stereocenters. The Morgan fingerprint density at radius 3 is 2.48 bits per heavy atom. The van der Waals surface area contributed by atoms with Crippen molar-refractivity contribution in [1.82, 2.24) is 0 Å². The number of Topliss-reactive ketones (excluding diaryl/α,β-unsaturated/α-hetero) is 1. The SMILES string of the molecule is Cc1cc(F)cc(C(=O)C(C#N)c2ccc(F)cc2Cl)c1. The van der Waals surface area contributed by atoms with Crippen molar-refractivity contribution in [2.75, 3.05) is 0 Å². The fraction of sp³-hybridized carbons (Fsp3) is 0.125. The number of hydrogen-bond donors (Lipinski definition) is 0. The van der Waals surface area contributed by atoms with E-state index in [2.05, 4.69) is 0 Å². The highest BCUT2D eigenvalue weighted by Crippen LogP contribution is 2.28. The Hall–Kier alpha value is -2.25. The normalized spacial score (nSPS) is 11.8. The summed E-state index contributed by atoms with van der Waals surface area (Å²) in [4.78, 5) is 12.4. The van der Waals surface area contributed by atoms with E-state index in [9.17, 15) is 18.8 Å². The molecule has 0 aliphatic carbocycles. The van der Waals surface area contributed by atoms with Crippen LogP contribution >= 0.6 is 11.6 Å². The number of carbonyl (C=O) groups excluding carboxylic acids is 1. The van der Waals surface area contributed by atoms with E-state index in [1.165, 1.54) is 18.2 Å². The lowest BCUT2D eigenvalue weighted by Crippen LogP contribution is -2.12. The maximum atomic E-state index is 13.4. The van der Waals surface area contributed by atoms with Gasteiger partial charge >= 0.3 is 0 Å². The number of nitriles is 1. The molecule has 2 aromatic rings. The average molecular weight is 306 g/mol. The molecule has 0 heterocycles. The van der Waals surface area contributed by atoms with Gasteiger partial charge in [0.1, 0.15) is 17.6 Å². The molecule has 0 amide bonds. The predicted molar refractivity (Wildman–Crippen MR) is 75.2 cm³/mol. The minimum atomic E-state index is -1.21. The number of ketones is 1. The fourth-order valence-electron chi connectivity index (χ4n) is 2.05. The van der Waals surface area contributed by atoms with Crippen molar-refractivity contribution in [3.63, 3.8) is 0 Å².